The Morgan fingerprint density at radius 2 is 2.10 bits per heavy atom. The van der Waals surface area contributed by atoms with Gasteiger partial charge >= 0.3 is 0 Å². The van der Waals surface area contributed by atoms with Gasteiger partial charge in [0.1, 0.15) is 0 Å². The Morgan fingerprint density at radius 1 is 1.20 bits per heavy atom. The van der Waals surface area contributed by atoms with Crippen molar-refractivity contribution in [2.45, 2.75) is 39.5 Å². The monoisotopic (exact) mass is 270 g/mol. The van der Waals surface area contributed by atoms with Gasteiger partial charge in [-0.05, 0) is 50.5 Å². The van der Waals surface area contributed by atoms with E-state index in [4.69, 9.17) is 0 Å². The lowest BCUT2D eigenvalue weighted by Crippen LogP contribution is -2.23. The summed E-state index contributed by atoms with van der Waals surface area (Å²) >= 11 is 0. The van der Waals surface area contributed by atoms with Gasteiger partial charge in [-0.3, -0.25) is 0 Å². The summed E-state index contributed by atoms with van der Waals surface area (Å²) in [5.41, 5.74) is 3.83. The highest BCUT2D eigenvalue weighted by atomic mass is 15.1. The van der Waals surface area contributed by atoms with Gasteiger partial charge in [0.25, 0.3) is 0 Å². The zero-order valence-corrected chi connectivity index (χ0v) is 12.7. The maximum absolute atomic E-state index is 3.40. The molecule has 0 heterocycles. The lowest BCUT2D eigenvalue weighted by Gasteiger charge is -2.27. The van der Waals surface area contributed by atoms with Crippen molar-refractivity contribution in [3.05, 3.63) is 48.2 Å². The Labute approximate surface area is 123 Å². The Kier molecular flexibility index (Phi) is 5.72. The molecule has 0 radical (unpaired) electrons. The van der Waals surface area contributed by atoms with Crippen LogP contribution in [0.15, 0.2) is 48.2 Å². The van der Waals surface area contributed by atoms with Crippen LogP contribution in [0.4, 0.5) is 11.4 Å². The highest BCUT2D eigenvalue weighted by molar-refractivity contribution is 5.62. The van der Waals surface area contributed by atoms with Crippen LogP contribution in [0.5, 0.6) is 0 Å². The van der Waals surface area contributed by atoms with Crippen molar-refractivity contribution in [3.8, 4) is 0 Å². The summed E-state index contributed by atoms with van der Waals surface area (Å²) < 4.78 is 0. The number of hydrogen-bond acceptors (Lipinski definition) is 2. The third kappa shape index (κ3) is 3.89. The molecule has 0 saturated heterocycles. The molecule has 0 amide bonds. The van der Waals surface area contributed by atoms with E-state index in [0.29, 0.717) is 0 Å². The van der Waals surface area contributed by atoms with Gasteiger partial charge < -0.3 is 10.2 Å². The predicted molar refractivity (Wildman–Crippen MR) is 89.3 cm³/mol. The molecule has 2 nitrogen and oxygen atoms in total. The molecule has 1 aromatic rings. The minimum Gasteiger partial charge on any atom is -0.385 e. The van der Waals surface area contributed by atoms with Gasteiger partial charge in [0, 0.05) is 30.2 Å². The minimum absolute atomic E-state index is 0.959. The molecule has 1 aliphatic rings. The third-order valence-electron chi connectivity index (χ3n) is 3.56. The van der Waals surface area contributed by atoms with Gasteiger partial charge in [-0.15, -0.1) is 0 Å². The van der Waals surface area contributed by atoms with Gasteiger partial charge in [0.2, 0.25) is 0 Å². The fourth-order valence-corrected chi connectivity index (χ4v) is 2.51. The van der Waals surface area contributed by atoms with Crippen LogP contribution in [0, 0.1) is 0 Å². The van der Waals surface area contributed by atoms with Crippen molar-refractivity contribution in [3.63, 3.8) is 0 Å². The van der Waals surface area contributed by atoms with E-state index in [1.54, 1.807) is 0 Å². The Morgan fingerprint density at radius 3 is 2.80 bits per heavy atom. The van der Waals surface area contributed by atoms with Crippen LogP contribution in [0.1, 0.15) is 39.5 Å². The second kappa shape index (κ2) is 7.78. The number of nitrogens with one attached hydrogen (secondary N) is 1. The topological polar surface area (TPSA) is 15.3 Å². The Hall–Kier alpha value is -1.70. The first kappa shape index (κ1) is 14.7. The number of allylic oxidation sites excluding steroid dienone is 3. The van der Waals surface area contributed by atoms with Gasteiger partial charge in [0.15, 0.2) is 0 Å². The fourth-order valence-electron chi connectivity index (χ4n) is 2.51. The van der Waals surface area contributed by atoms with Crippen molar-refractivity contribution in [1.82, 2.24) is 0 Å². The lowest BCUT2D eigenvalue weighted by atomic mass is 10.1. The molecular formula is C18H26N2. The van der Waals surface area contributed by atoms with E-state index < -0.39 is 0 Å². The summed E-state index contributed by atoms with van der Waals surface area (Å²) in [5.74, 6) is 0. The summed E-state index contributed by atoms with van der Waals surface area (Å²) in [5, 5.41) is 3.40. The van der Waals surface area contributed by atoms with Crippen LogP contribution >= 0.6 is 0 Å². The number of nitrogens with zero attached hydrogens (tertiary/aromatic N) is 1. The molecule has 0 aromatic heterocycles. The fraction of sp³-hybridized carbons (Fsp3) is 0.444. The van der Waals surface area contributed by atoms with Gasteiger partial charge in [0.05, 0.1) is 0 Å². The van der Waals surface area contributed by atoms with E-state index in [1.165, 1.54) is 36.3 Å². The third-order valence-corrected chi connectivity index (χ3v) is 3.56. The highest BCUT2D eigenvalue weighted by Gasteiger charge is 2.11. The van der Waals surface area contributed by atoms with E-state index in [9.17, 15) is 0 Å². The largest absolute Gasteiger partial charge is 0.385 e. The molecule has 0 spiro atoms. The lowest BCUT2D eigenvalue weighted by molar-refractivity contribution is 0.767. The summed E-state index contributed by atoms with van der Waals surface area (Å²) in [6, 6.07) is 8.73. The highest BCUT2D eigenvalue weighted by Crippen LogP contribution is 2.26. The minimum atomic E-state index is 0.959. The summed E-state index contributed by atoms with van der Waals surface area (Å²) in [7, 11) is 0. The number of benzene rings is 1. The van der Waals surface area contributed by atoms with E-state index in [0.717, 1.165) is 19.5 Å². The van der Waals surface area contributed by atoms with E-state index in [1.807, 2.05) is 0 Å². The Bertz CT molecular complexity index is 474. The first-order valence-corrected chi connectivity index (χ1v) is 7.83. The van der Waals surface area contributed by atoms with Gasteiger partial charge in [-0.1, -0.05) is 31.6 Å². The predicted octanol–water partition coefficient (Wildman–Crippen LogP) is 4.96. The SMILES string of the molecule is CCCCN(C1=CCCC=C1)c1cccc(NCC)c1. The molecule has 2 heteroatoms. The smallest absolute Gasteiger partial charge is 0.0431 e. The maximum atomic E-state index is 3.40. The molecule has 1 aliphatic carbocycles. The molecule has 0 fully saturated rings. The molecular weight excluding hydrogens is 244 g/mol. The number of hydrogen-bond donors (Lipinski definition) is 1. The number of unbranched alkanes of at least 4 members (excludes halogenated alkanes) is 1. The summed E-state index contributed by atoms with van der Waals surface area (Å²) in [6.07, 6.45) is 11.7. The zero-order valence-electron chi connectivity index (χ0n) is 12.7. The average Bonchev–Trinajstić information content (AvgIpc) is 2.50. The van der Waals surface area contributed by atoms with Crippen molar-refractivity contribution in [1.29, 1.82) is 0 Å². The van der Waals surface area contributed by atoms with Crippen LogP contribution in [-0.4, -0.2) is 13.1 Å². The van der Waals surface area contributed by atoms with Crippen molar-refractivity contribution in [2.24, 2.45) is 0 Å². The average molecular weight is 270 g/mol. The molecule has 20 heavy (non-hydrogen) atoms. The standard InChI is InChI=1S/C18H26N2/c1-3-5-14-20(17-11-7-6-8-12-17)18-13-9-10-16(15-18)19-4-2/h7,9-13,15,19H,3-6,8,14H2,1-2H3. The first-order valence-electron chi connectivity index (χ1n) is 7.83. The molecule has 0 bridgehead atoms. The molecule has 0 unspecified atom stereocenters. The molecule has 1 N–H and O–H groups in total. The van der Waals surface area contributed by atoms with Gasteiger partial charge in [-0.25, -0.2) is 0 Å². The second-order valence-corrected chi connectivity index (χ2v) is 5.19. The molecule has 0 aliphatic heterocycles. The molecule has 108 valence electrons. The maximum Gasteiger partial charge on any atom is 0.0431 e. The number of anilines is 2. The normalized spacial score (nSPS) is 14.0. The van der Waals surface area contributed by atoms with Crippen molar-refractivity contribution in [2.75, 3.05) is 23.3 Å². The molecule has 1 aromatic carbocycles. The van der Waals surface area contributed by atoms with Crippen molar-refractivity contribution < 1.29 is 0 Å². The molecule has 0 saturated carbocycles. The summed E-state index contributed by atoms with van der Waals surface area (Å²) in [4.78, 5) is 2.44. The quantitative estimate of drug-likeness (QED) is 0.753. The van der Waals surface area contributed by atoms with E-state index in [-0.39, 0.29) is 0 Å². The molecule has 2 rings (SSSR count). The van der Waals surface area contributed by atoms with Gasteiger partial charge in [-0.2, -0.15) is 0 Å². The number of rotatable bonds is 7. The van der Waals surface area contributed by atoms with Crippen LogP contribution in [0.2, 0.25) is 0 Å². The Balaban J connectivity index is 2.23. The summed E-state index contributed by atoms with van der Waals surface area (Å²) in [6.45, 7) is 6.43. The second-order valence-electron chi connectivity index (χ2n) is 5.19. The van der Waals surface area contributed by atoms with Crippen molar-refractivity contribution >= 4 is 11.4 Å². The molecule has 0 atom stereocenters. The van der Waals surface area contributed by atoms with E-state index in [2.05, 4.69) is 66.6 Å². The van der Waals surface area contributed by atoms with Crippen LogP contribution in [0.25, 0.3) is 0 Å². The van der Waals surface area contributed by atoms with E-state index >= 15 is 0 Å². The van der Waals surface area contributed by atoms with Crippen LogP contribution in [0.3, 0.4) is 0 Å². The van der Waals surface area contributed by atoms with Crippen LogP contribution < -0.4 is 10.2 Å². The zero-order chi connectivity index (χ0) is 14.2. The first-order chi connectivity index (χ1) is 9.85. The van der Waals surface area contributed by atoms with Crippen LogP contribution in [-0.2, 0) is 0 Å².